The van der Waals surface area contributed by atoms with Crippen molar-refractivity contribution >= 4 is 29.3 Å². The summed E-state index contributed by atoms with van der Waals surface area (Å²) in [6.45, 7) is 6.79. The second-order valence-corrected chi connectivity index (χ2v) is 5.80. The monoisotopic (exact) mass is 322 g/mol. The molecule has 1 unspecified atom stereocenters. The van der Waals surface area contributed by atoms with E-state index in [0.717, 1.165) is 43.4 Å². The quantitative estimate of drug-likeness (QED) is 0.938. The number of nitrogens with one attached hydrogen (secondary N) is 1. The first-order chi connectivity index (χ1) is 10.2. The molecular formula is C17H23ClN2O2. The van der Waals surface area contributed by atoms with Crippen LogP contribution in [0.25, 0.3) is 11.0 Å². The summed E-state index contributed by atoms with van der Waals surface area (Å²) in [5, 5.41) is 4.33. The fourth-order valence-electron chi connectivity index (χ4n) is 3.01. The van der Waals surface area contributed by atoms with Gasteiger partial charge in [-0.3, -0.25) is 4.79 Å². The van der Waals surface area contributed by atoms with Crippen LogP contribution in [0.15, 0.2) is 28.7 Å². The Hall–Kier alpha value is -1.52. The summed E-state index contributed by atoms with van der Waals surface area (Å²) in [7, 11) is 0. The Balaban J connectivity index is 0.00000176. The highest BCUT2D eigenvalue weighted by Gasteiger charge is 2.28. The molecular weight excluding hydrogens is 300 g/mol. The standard InChI is InChI=1S/C17H22N2O2.ClH/c1-3-8-19(14-6-7-18-11-14)17(20)16-10-13-9-12(2)4-5-15(13)21-16;/h4-5,9-10,14,18H,3,6-8,11H2,1-2H3;1H. The number of nitrogens with zero attached hydrogens (tertiary/aromatic N) is 1. The van der Waals surface area contributed by atoms with Gasteiger partial charge in [-0.25, -0.2) is 0 Å². The maximum absolute atomic E-state index is 12.8. The van der Waals surface area contributed by atoms with Crippen molar-refractivity contribution in [2.75, 3.05) is 19.6 Å². The van der Waals surface area contributed by atoms with E-state index in [1.165, 1.54) is 5.56 Å². The number of hydrogen-bond donors (Lipinski definition) is 1. The molecule has 4 nitrogen and oxygen atoms in total. The number of amides is 1. The molecule has 1 atom stereocenters. The van der Waals surface area contributed by atoms with Gasteiger partial charge in [-0.1, -0.05) is 18.6 Å². The van der Waals surface area contributed by atoms with Crippen molar-refractivity contribution in [3.63, 3.8) is 0 Å². The zero-order valence-corrected chi connectivity index (χ0v) is 13.9. The Bertz CT molecular complexity index is 647. The molecule has 2 aromatic rings. The van der Waals surface area contributed by atoms with E-state index in [-0.39, 0.29) is 24.4 Å². The van der Waals surface area contributed by atoms with Gasteiger partial charge >= 0.3 is 0 Å². The lowest BCUT2D eigenvalue weighted by Gasteiger charge is -2.27. The van der Waals surface area contributed by atoms with Crippen LogP contribution in [0.5, 0.6) is 0 Å². The van der Waals surface area contributed by atoms with E-state index in [1.54, 1.807) is 0 Å². The molecule has 1 aliphatic rings. The molecule has 1 fully saturated rings. The Kier molecular flexibility index (Phi) is 5.48. The van der Waals surface area contributed by atoms with Gasteiger partial charge in [0.1, 0.15) is 5.58 Å². The number of carbonyl (C=O) groups is 1. The number of carbonyl (C=O) groups excluding carboxylic acids is 1. The van der Waals surface area contributed by atoms with Gasteiger partial charge in [0, 0.05) is 24.5 Å². The maximum atomic E-state index is 12.8. The molecule has 1 amide bonds. The number of benzene rings is 1. The molecule has 0 spiro atoms. The predicted octanol–water partition coefficient (Wildman–Crippen LogP) is 3.38. The third-order valence-corrected chi connectivity index (χ3v) is 4.08. The third-order valence-electron chi connectivity index (χ3n) is 4.08. The van der Waals surface area contributed by atoms with Crippen molar-refractivity contribution in [3.05, 3.63) is 35.6 Å². The van der Waals surface area contributed by atoms with E-state index in [1.807, 2.05) is 30.0 Å². The average Bonchev–Trinajstić information content (AvgIpc) is 3.12. The van der Waals surface area contributed by atoms with Gasteiger partial charge in [0.25, 0.3) is 5.91 Å². The fourth-order valence-corrected chi connectivity index (χ4v) is 3.01. The van der Waals surface area contributed by atoms with Gasteiger partial charge in [0.2, 0.25) is 0 Å². The highest BCUT2D eigenvalue weighted by atomic mass is 35.5. The lowest BCUT2D eigenvalue weighted by molar-refractivity contribution is 0.0662. The summed E-state index contributed by atoms with van der Waals surface area (Å²) in [5.74, 6) is 0.468. The molecule has 2 heterocycles. The van der Waals surface area contributed by atoms with Gasteiger partial charge < -0.3 is 14.6 Å². The van der Waals surface area contributed by atoms with Gasteiger partial charge in [-0.2, -0.15) is 0 Å². The molecule has 1 N–H and O–H groups in total. The van der Waals surface area contributed by atoms with Gasteiger partial charge in [0.15, 0.2) is 5.76 Å². The van der Waals surface area contributed by atoms with Crippen LogP contribution in [0.4, 0.5) is 0 Å². The summed E-state index contributed by atoms with van der Waals surface area (Å²) in [6, 6.07) is 8.15. The van der Waals surface area contributed by atoms with Gasteiger partial charge in [0.05, 0.1) is 0 Å². The summed E-state index contributed by atoms with van der Waals surface area (Å²) in [5.41, 5.74) is 1.96. The van der Waals surface area contributed by atoms with Crippen LogP contribution in [0.3, 0.4) is 0 Å². The Labute approximate surface area is 137 Å². The molecule has 22 heavy (non-hydrogen) atoms. The first kappa shape index (κ1) is 16.8. The van der Waals surface area contributed by atoms with Crippen molar-refractivity contribution < 1.29 is 9.21 Å². The van der Waals surface area contributed by atoms with E-state index >= 15 is 0 Å². The van der Waals surface area contributed by atoms with Gasteiger partial charge in [-0.05, 0) is 44.5 Å². The lowest BCUT2D eigenvalue weighted by atomic mass is 10.1. The summed E-state index contributed by atoms with van der Waals surface area (Å²) < 4.78 is 5.76. The average molecular weight is 323 g/mol. The van der Waals surface area contributed by atoms with Crippen molar-refractivity contribution in [1.29, 1.82) is 0 Å². The summed E-state index contributed by atoms with van der Waals surface area (Å²) >= 11 is 0. The molecule has 120 valence electrons. The summed E-state index contributed by atoms with van der Waals surface area (Å²) in [6.07, 6.45) is 1.98. The van der Waals surface area contributed by atoms with Crippen molar-refractivity contribution in [3.8, 4) is 0 Å². The van der Waals surface area contributed by atoms with E-state index in [4.69, 9.17) is 4.42 Å². The number of hydrogen-bond acceptors (Lipinski definition) is 3. The number of rotatable bonds is 4. The topological polar surface area (TPSA) is 45.5 Å². The molecule has 0 saturated carbocycles. The SMILES string of the molecule is CCCN(C(=O)c1cc2cc(C)ccc2o1)C1CCNC1.Cl. The first-order valence-corrected chi connectivity index (χ1v) is 7.71. The van der Waals surface area contributed by atoms with Crippen LogP contribution in [0.1, 0.15) is 35.9 Å². The predicted molar refractivity (Wildman–Crippen MR) is 90.8 cm³/mol. The van der Waals surface area contributed by atoms with E-state index in [0.29, 0.717) is 5.76 Å². The highest BCUT2D eigenvalue weighted by Crippen LogP contribution is 2.23. The maximum Gasteiger partial charge on any atom is 0.289 e. The summed E-state index contributed by atoms with van der Waals surface area (Å²) in [4.78, 5) is 14.7. The number of furan rings is 1. The van der Waals surface area contributed by atoms with E-state index < -0.39 is 0 Å². The smallest absolute Gasteiger partial charge is 0.289 e. The Morgan fingerprint density at radius 3 is 2.91 bits per heavy atom. The second-order valence-electron chi connectivity index (χ2n) is 5.80. The normalized spacial score (nSPS) is 17.5. The lowest BCUT2D eigenvalue weighted by Crippen LogP contribution is -2.41. The number of fused-ring (bicyclic) bond motifs is 1. The van der Waals surface area contributed by atoms with Crippen LogP contribution in [-0.4, -0.2) is 36.5 Å². The fraction of sp³-hybridized carbons (Fsp3) is 0.471. The van der Waals surface area contributed by atoms with Crippen molar-refractivity contribution in [2.45, 2.75) is 32.7 Å². The minimum atomic E-state index is 0. The van der Waals surface area contributed by atoms with Gasteiger partial charge in [-0.15, -0.1) is 12.4 Å². The van der Waals surface area contributed by atoms with Crippen LogP contribution in [-0.2, 0) is 0 Å². The largest absolute Gasteiger partial charge is 0.451 e. The second kappa shape index (κ2) is 7.16. The van der Waals surface area contributed by atoms with E-state index in [2.05, 4.69) is 18.3 Å². The molecule has 3 rings (SSSR count). The minimum absolute atomic E-state index is 0. The van der Waals surface area contributed by atoms with Crippen LogP contribution >= 0.6 is 12.4 Å². The molecule has 1 aromatic heterocycles. The number of halogens is 1. The van der Waals surface area contributed by atoms with Crippen LogP contribution in [0.2, 0.25) is 0 Å². The molecule has 0 aliphatic carbocycles. The van der Waals surface area contributed by atoms with Crippen LogP contribution in [0, 0.1) is 6.92 Å². The molecule has 5 heteroatoms. The molecule has 0 bridgehead atoms. The van der Waals surface area contributed by atoms with Crippen molar-refractivity contribution in [1.82, 2.24) is 10.2 Å². The number of aryl methyl sites for hydroxylation is 1. The van der Waals surface area contributed by atoms with Crippen molar-refractivity contribution in [2.24, 2.45) is 0 Å². The third kappa shape index (κ3) is 3.28. The molecule has 0 radical (unpaired) electrons. The minimum Gasteiger partial charge on any atom is -0.451 e. The van der Waals surface area contributed by atoms with Crippen LogP contribution < -0.4 is 5.32 Å². The Morgan fingerprint density at radius 1 is 1.41 bits per heavy atom. The zero-order chi connectivity index (χ0) is 14.8. The Morgan fingerprint density at radius 2 is 2.23 bits per heavy atom. The molecule has 1 aromatic carbocycles. The van der Waals surface area contributed by atoms with E-state index in [9.17, 15) is 4.79 Å². The molecule has 1 aliphatic heterocycles. The highest BCUT2D eigenvalue weighted by molar-refractivity contribution is 5.96. The molecule has 1 saturated heterocycles. The first-order valence-electron chi connectivity index (χ1n) is 7.71. The zero-order valence-electron chi connectivity index (χ0n) is 13.1.